The van der Waals surface area contributed by atoms with Crippen molar-refractivity contribution in [3.05, 3.63) is 60.2 Å². The molecule has 0 saturated carbocycles. The first-order chi connectivity index (χ1) is 9.38. The lowest BCUT2D eigenvalue weighted by Crippen LogP contribution is -2.24. The number of benzene rings is 2. The van der Waals surface area contributed by atoms with Crippen LogP contribution in [0.3, 0.4) is 0 Å². The van der Waals surface area contributed by atoms with Gasteiger partial charge in [0.2, 0.25) is 0 Å². The Kier molecular flexibility index (Phi) is 3.65. The molecule has 2 aromatic carbocycles. The van der Waals surface area contributed by atoms with Crippen LogP contribution in [0.1, 0.15) is 31.2 Å². The minimum absolute atomic E-state index is 0.655. The molecule has 2 atom stereocenters. The van der Waals surface area contributed by atoms with Crippen LogP contribution in [0.25, 0.3) is 11.1 Å². The third-order valence-electron chi connectivity index (χ3n) is 4.23. The summed E-state index contributed by atoms with van der Waals surface area (Å²) >= 11 is 0. The molecular weight excluding hydrogens is 230 g/mol. The van der Waals surface area contributed by atoms with Gasteiger partial charge in [-0.15, -0.1) is 0 Å². The molecule has 0 spiro atoms. The molecular formula is C18H21N. The standard InChI is InChI=1S/C18H21N/c1-2-18-17(12-13-19-18)16-10-8-15(9-11-16)14-6-4-3-5-7-14/h3-11,17-19H,2,12-13H2,1H3. The fourth-order valence-electron chi connectivity index (χ4n) is 3.15. The minimum Gasteiger partial charge on any atom is -0.313 e. The van der Waals surface area contributed by atoms with E-state index >= 15 is 0 Å². The minimum atomic E-state index is 0.655. The van der Waals surface area contributed by atoms with Gasteiger partial charge in [0.1, 0.15) is 0 Å². The van der Waals surface area contributed by atoms with Gasteiger partial charge in [0.15, 0.2) is 0 Å². The van der Waals surface area contributed by atoms with Crippen molar-refractivity contribution < 1.29 is 0 Å². The van der Waals surface area contributed by atoms with E-state index in [9.17, 15) is 0 Å². The molecule has 2 aromatic rings. The maximum atomic E-state index is 3.60. The normalized spacial score (nSPS) is 22.6. The first kappa shape index (κ1) is 12.4. The summed E-state index contributed by atoms with van der Waals surface area (Å²) in [6.07, 6.45) is 2.48. The lowest BCUT2D eigenvalue weighted by Gasteiger charge is -2.18. The van der Waals surface area contributed by atoms with Gasteiger partial charge in [0.25, 0.3) is 0 Å². The zero-order chi connectivity index (χ0) is 13.1. The van der Waals surface area contributed by atoms with E-state index in [0.717, 1.165) is 6.54 Å². The fourth-order valence-corrected chi connectivity index (χ4v) is 3.15. The van der Waals surface area contributed by atoms with Crippen LogP contribution in [0.4, 0.5) is 0 Å². The van der Waals surface area contributed by atoms with Crippen molar-refractivity contribution in [1.29, 1.82) is 0 Å². The molecule has 1 nitrogen and oxygen atoms in total. The molecule has 1 aliphatic rings. The molecule has 0 aliphatic carbocycles. The van der Waals surface area contributed by atoms with E-state index in [4.69, 9.17) is 0 Å². The quantitative estimate of drug-likeness (QED) is 0.861. The number of nitrogens with one attached hydrogen (secondary N) is 1. The van der Waals surface area contributed by atoms with Crippen LogP contribution < -0.4 is 5.32 Å². The van der Waals surface area contributed by atoms with Crippen LogP contribution >= 0.6 is 0 Å². The zero-order valence-corrected chi connectivity index (χ0v) is 11.5. The van der Waals surface area contributed by atoms with Gasteiger partial charge >= 0.3 is 0 Å². The predicted octanol–water partition coefficient (Wildman–Crippen LogP) is 4.21. The molecule has 3 rings (SSSR count). The summed E-state index contributed by atoms with van der Waals surface area (Å²) in [5.41, 5.74) is 4.09. The van der Waals surface area contributed by atoms with Gasteiger partial charge in [-0.3, -0.25) is 0 Å². The van der Waals surface area contributed by atoms with E-state index in [1.807, 2.05) is 0 Å². The lowest BCUT2D eigenvalue weighted by molar-refractivity contribution is 0.531. The maximum Gasteiger partial charge on any atom is 0.0134 e. The summed E-state index contributed by atoms with van der Waals surface area (Å²) in [7, 11) is 0. The van der Waals surface area contributed by atoms with Gasteiger partial charge in [-0.25, -0.2) is 0 Å². The van der Waals surface area contributed by atoms with Crippen molar-refractivity contribution in [3.8, 4) is 11.1 Å². The molecule has 0 amide bonds. The Morgan fingerprint density at radius 1 is 0.947 bits per heavy atom. The van der Waals surface area contributed by atoms with Crippen LogP contribution in [0, 0.1) is 0 Å². The van der Waals surface area contributed by atoms with Crippen molar-refractivity contribution in [2.45, 2.75) is 31.7 Å². The highest BCUT2D eigenvalue weighted by Gasteiger charge is 2.26. The first-order valence-corrected chi connectivity index (χ1v) is 7.27. The monoisotopic (exact) mass is 251 g/mol. The number of hydrogen-bond donors (Lipinski definition) is 1. The van der Waals surface area contributed by atoms with Crippen molar-refractivity contribution in [2.24, 2.45) is 0 Å². The summed E-state index contributed by atoms with van der Waals surface area (Å²) in [5.74, 6) is 0.690. The third kappa shape index (κ3) is 2.57. The van der Waals surface area contributed by atoms with E-state index in [1.165, 1.54) is 29.5 Å². The van der Waals surface area contributed by atoms with Crippen molar-refractivity contribution >= 4 is 0 Å². The topological polar surface area (TPSA) is 12.0 Å². The summed E-state index contributed by atoms with van der Waals surface area (Å²) < 4.78 is 0. The average Bonchev–Trinajstić information content (AvgIpc) is 2.97. The molecule has 2 unspecified atom stereocenters. The Morgan fingerprint density at radius 2 is 1.63 bits per heavy atom. The lowest BCUT2D eigenvalue weighted by atomic mass is 9.89. The van der Waals surface area contributed by atoms with Crippen molar-refractivity contribution in [1.82, 2.24) is 5.32 Å². The Bertz CT molecular complexity index is 515. The van der Waals surface area contributed by atoms with Crippen LogP contribution in [0.5, 0.6) is 0 Å². The molecule has 1 fully saturated rings. The molecule has 1 heterocycles. The molecule has 0 bridgehead atoms. The highest BCUT2D eigenvalue weighted by atomic mass is 14.9. The molecule has 1 aliphatic heterocycles. The maximum absolute atomic E-state index is 3.60. The van der Waals surface area contributed by atoms with E-state index in [2.05, 4.69) is 66.8 Å². The molecule has 0 aromatic heterocycles. The van der Waals surface area contributed by atoms with Gasteiger partial charge in [-0.05, 0) is 36.1 Å². The van der Waals surface area contributed by atoms with Crippen molar-refractivity contribution in [3.63, 3.8) is 0 Å². The Balaban J connectivity index is 1.83. The first-order valence-electron chi connectivity index (χ1n) is 7.27. The Morgan fingerprint density at radius 3 is 2.32 bits per heavy atom. The van der Waals surface area contributed by atoms with Gasteiger partial charge in [-0.2, -0.15) is 0 Å². The van der Waals surface area contributed by atoms with Gasteiger partial charge in [0.05, 0.1) is 0 Å². The zero-order valence-electron chi connectivity index (χ0n) is 11.5. The number of hydrogen-bond acceptors (Lipinski definition) is 1. The number of rotatable bonds is 3. The Labute approximate surface area is 115 Å². The van der Waals surface area contributed by atoms with Crippen LogP contribution in [-0.4, -0.2) is 12.6 Å². The van der Waals surface area contributed by atoms with Crippen LogP contribution in [0.15, 0.2) is 54.6 Å². The second kappa shape index (κ2) is 5.58. The summed E-state index contributed by atoms with van der Waals surface area (Å²) in [5, 5.41) is 3.60. The smallest absolute Gasteiger partial charge is 0.0134 e. The molecule has 0 radical (unpaired) electrons. The van der Waals surface area contributed by atoms with Crippen LogP contribution in [-0.2, 0) is 0 Å². The summed E-state index contributed by atoms with van der Waals surface area (Å²) in [4.78, 5) is 0. The van der Waals surface area contributed by atoms with Crippen molar-refractivity contribution in [2.75, 3.05) is 6.54 Å². The highest BCUT2D eigenvalue weighted by Crippen LogP contribution is 2.30. The molecule has 19 heavy (non-hydrogen) atoms. The Hall–Kier alpha value is -1.60. The molecule has 1 heteroatoms. The molecule has 98 valence electrons. The van der Waals surface area contributed by atoms with E-state index in [1.54, 1.807) is 0 Å². The summed E-state index contributed by atoms with van der Waals surface area (Å²) in [6.45, 7) is 3.43. The second-order valence-corrected chi connectivity index (χ2v) is 5.35. The molecule has 1 N–H and O–H groups in total. The van der Waals surface area contributed by atoms with Gasteiger partial charge in [0, 0.05) is 12.0 Å². The largest absolute Gasteiger partial charge is 0.313 e. The van der Waals surface area contributed by atoms with E-state index < -0.39 is 0 Å². The summed E-state index contributed by atoms with van der Waals surface area (Å²) in [6, 6.07) is 20.4. The fraction of sp³-hybridized carbons (Fsp3) is 0.333. The van der Waals surface area contributed by atoms with E-state index in [0.29, 0.717) is 12.0 Å². The molecule has 1 saturated heterocycles. The highest BCUT2D eigenvalue weighted by molar-refractivity contribution is 5.63. The SMILES string of the molecule is CCC1NCCC1c1ccc(-c2ccccc2)cc1. The second-order valence-electron chi connectivity index (χ2n) is 5.35. The average molecular weight is 251 g/mol. The predicted molar refractivity (Wildman–Crippen MR) is 81.3 cm³/mol. The van der Waals surface area contributed by atoms with Crippen LogP contribution in [0.2, 0.25) is 0 Å². The third-order valence-corrected chi connectivity index (χ3v) is 4.23. The van der Waals surface area contributed by atoms with Gasteiger partial charge in [-0.1, -0.05) is 61.5 Å². The van der Waals surface area contributed by atoms with E-state index in [-0.39, 0.29) is 0 Å². The van der Waals surface area contributed by atoms with Gasteiger partial charge < -0.3 is 5.32 Å².